The molecule has 0 fully saturated rings. The van der Waals surface area contributed by atoms with E-state index in [1.54, 1.807) is 19.1 Å². The zero-order valence-electron chi connectivity index (χ0n) is 9.27. The van der Waals surface area contributed by atoms with Crippen LogP contribution in [-0.2, 0) is 4.74 Å². The largest absolute Gasteiger partial charge is 0.430 e. The van der Waals surface area contributed by atoms with Crippen LogP contribution in [0.15, 0.2) is 24.3 Å². The Labute approximate surface area is 93.8 Å². The van der Waals surface area contributed by atoms with Crippen LogP contribution in [0.5, 0.6) is 5.75 Å². The highest BCUT2D eigenvalue weighted by Gasteiger charge is 2.31. The Hall–Kier alpha value is -1.75. The van der Waals surface area contributed by atoms with Crippen molar-refractivity contribution >= 4 is 6.09 Å². The minimum absolute atomic E-state index is 0.0737. The van der Waals surface area contributed by atoms with E-state index in [2.05, 4.69) is 4.74 Å². The quantitative estimate of drug-likeness (QED) is 0.761. The van der Waals surface area contributed by atoms with Crippen molar-refractivity contribution in [1.29, 1.82) is 0 Å². The third-order valence-electron chi connectivity index (χ3n) is 2.07. The number of ether oxygens (including phenoxy) is 2. The van der Waals surface area contributed by atoms with Crippen LogP contribution in [0.1, 0.15) is 18.9 Å². The number of primary amides is 1. The molecule has 16 heavy (non-hydrogen) atoms. The van der Waals surface area contributed by atoms with Crippen molar-refractivity contribution < 1.29 is 19.4 Å². The van der Waals surface area contributed by atoms with Gasteiger partial charge in [0.05, 0.1) is 6.42 Å². The van der Waals surface area contributed by atoms with E-state index in [9.17, 15) is 9.90 Å². The average molecular weight is 225 g/mol. The average Bonchev–Trinajstić information content (AvgIpc) is 2.20. The van der Waals surface area contributed by atoms with Gasteiger partial charge in [0, 0.05) is 0 Å². The van der Waals surface area contributed by atoms with Crippen molar-refractivity contribution in [3.05, 3.63) is 29.8 Å². The SMILES string of the molecule is CCC(O)(OC(N)=O)Oc1ccccc1C. The van der Waals surface area contributed by atoms with Gasteiger partial charge in [0.2, 0.25) is 0 Å². The maximum atomic E-state index is 10.6. The molecule has 1 aromatic rings. The lowest BCUT2D eigenvalue weighted by molar-refractivity contribution is -0.288. The molecule has 0 saturated heterocycles. The maximum Gasteiger partial charge on any atom is 0.409 e. The van der Waals surface area contributed by atoms with Crippen molar-refractivity contribution in [1.82, 2.24) is 0 Å². The first-order valence-corrected chi connectivity index (χ1v) is 4.92. The Kier molecular flexibility index (Phi) is 3.73. The van der Waals surface area contributed by atoms with E-state index in [-0.39, 0.29) is 6.42 Å². The van der Waals surface area contributed by atoms with Gasteiger partial charge in [-0.2, -0.15) is 0 Å². The summed E-state index contributed by atoms with van der Waals surface area (Å²) >= 11 is 0. The van der Waals surface area contributed by atoms with E-state index >= 15 is 0 Å². The molecule has 0 aliphatic rings. The number of carbonyl (C=O) groups excluding carboxylic acids is 1. The van der Waals surface area contributed by atoms with E-state index < -0.39 is 12.1 Å². The second-order valence-corrected chi connectivity index (χ2v) is 3.35. The third kappa shape index (κ3) is 3.13. The van der Waals surface area contributed by atoms with Gasteiger partial charge in [-0.1, -0.05) is 25.1 Å². The summed E-state index contributed by atoms with van der Waals surface area (Å²) in [6, 6.07) is 7.07. The first kappa shape index (κ1) is 12.3. The van der Waals surface area contributed by atoms with Gasteiger partial charge < -0.3 is 20.3 Å². The van der Waals surface area contributed by atoms with Crippen LogP contribution in [0, 0.1) is 6.92 Å². The molecule has 0 spiro atoms. The molecule has 1 amide bonds. The van der Waals surface area contributed by atoms with E-state index in [0.717, 1.165) is 5.56 Å². The van der Waals surface area contributed by atoms with Gasteiger partial charge >= 0.3 is 12.1 Å². The van der Waals surface area contributed by atoms with Crippen LogP contribution < -0.4 is 10.5 Å². The second kappa shape index (κ2) is 4.85. The molecule has 1 rings (SSSR count). The first-order valence-electron chi connectivity index (χ1n) is 4.92. The molecule has 5 nitrogen and oxygen atoms in total. The summed E-state index contributed by atoms with van der Waals surface area (Å²) in [5.41, 5.74) is 5.67. The van der Waals surface area contributed by atoms with E-state index in [1.807, 2.05) is 19.1 Å². The predicted molar refractivity (Wildman–Crippen MR) is 57.7 cm³/mol. The number of aliphatic hydroxyl groups is 1. The number of para-hydroxylation sites is 1. The topological polar surface area (TPSA) is 81.8 Å². The zero-order valence-corrected chi connectivity index (χ0v) is 9.27. The predicted octanol–water partition coefficient (Wildman–Crippen LogP) is 1.53. The van der Waals surface area contributed by atoms with Gasteiger partial charge in [0.1, 0.15) is 5.75 Å². The van der Waals surface area contributed by atoms with Crippen LogP contribution >= 0.6 is 0 Å². The molecule has 0 aliphatic heterocycles. The van der Waals surface area contributed by atoms with Gasteiger partial charge in [-0.3, -0.25) is 0 Å². The van der Waals surface area contributed by atoms with Crippen LogP contribution in [0.4, 0.5) is 4.79 Å². The Morgan fingerprint density at radius 3 is 2.62 bits per heavy atom. The van der Waals surface area contributed by atoms with Crippen molar-refractivity contribution in [3.63, 3.8) is 0 Å². The second-order valence-electron chi connectivity index (χ2n) is 3.35. The maximum absolute atomic E-state index is 10.6. The fourth-order valence-corrected chi connectivity index (χ4v) is 1.17. The number of carbonyl (C=O) groups is 1. The number of rotatable bonds is 4. The molecule has 3 N–H and O–H groups in total. The Bertz CT molecular complexity index is 380. The third-order valence-corrected chi connectivity index (χ3v) is 2.07. The first-order chi connectivity index (χ1) is 7.47. The number of hydrogen-bond acceptors (Lipinski definition) is 4. The van der Waals surface area contributed by atoms with E-state index in [1.165, 1.54) is 0 Å². The summed E-state index contributed by atoms with van der Waals surface area (Å²) in [4.78, 5) is 10.6. The van der Waals surface area contributed by atoms with Crippen molar-refractivity contribution in [2.24, 2.45) is 5.73 Å². The van der Waals surface area contributed by atoms with Crippen molar-refractivity contribution in [2.75, 3.05) is 0 Å². The Morgan fingerprint density at radius 1 is 1.50 bits per heavy atom. The molecule has 0 aliphatic carbocycles. The highest BCUT2D eigenvalue weighted by atomic mass is 16.8. The molecule has 0 heterocycles. The van der Waals surface area contributed by atoms with Gasteiger partial charge in [-0.05, 0) is 18.6 Å². The number of aryl methyl sites for hydroxylation is 1. The summed E-state index contributed by atoms with van der Waals surface area (Å²) in [7, 11) is 0. The normalized spacial score (nSPS) is 13.9. The summed E-state index contributed by atoms with van der Waals surface area (Å²) in [6.45, 7) is 3.43. The smallest absolute Gasteiger partial charge is 0.409 e. The molecule has 0 saturated carbocycles. The summed E-state index contributed by atoms with van der Waals surface area (Å²) in [5, 5.41) is 9.82. The van der Waals surface area contributed by atoms with Crippen molar-refractivity contribution in [3.8, 4) is 5.75 Å². The van der Waals surface area contributed by atoms with E-state index in [0.29, 0.717) is 5.75 Å². The molecule has 1 atom stereocenters. The van der Waals surface area contributed by atoms with E-state index in [4.69, 9.17) is 10.5 Å². The van der Waals surface area contributed by atoms with Gasteiger partial charge in [-0.25, -0.2) is 4.79 Å². The van der Waals surface area contributed by atoms with Crippen LogP contribution in [0.2, 0.25) is 0 Å². The monoisotopic (exact) mass is 225 g/mol. The highest BCUT2D eigenvalue weighted by molar-refractivity contribution is 5.64. The molecule has 0 radical (unpaired) electrons. The number of amides is 1. The highest BCUT2D eigenvalue weighted by Crippen LogP contribution is 2.23. The lowest BCUT2D eigenvalue weighted by Gasteiger charge is -2.26. The lowest BCUT2D eigenvalue weighted by atomic mass is 10.2. The number of nitrogens with two attached hydrogens (primary N) is 1. The Morgan fingerprint density at radius 2 is 2.12 bits per heavy atom. The fraction of sp³-hybridized carbons (Fsp3) is 0.364. The van der Waals surface area contributed by atoms with Crippen molar-refractivity contribution in [2.45, 2.75) is 26.2 Å². The molecule has 0 aromatic heterocycles. The molecular weight excluding hydrogens is 210 g/mol. The fourth-order valence-electron chi connectivity index (χ4n) is 1.17. The molecule has 88 valence electrons. The molecule has 1 unspecified atom stereocenters. The van der Waals surface area contributed by atoms with Gasteiger partial charge in [-0.15, -0.1) is 0 Å². The van der Waals surface area contributed by atoms with Crippen LogP contribution in [0.3, 0.4) is 0 Å². The summed E-state index contributed by atoms with van der Waals surface area (Å²) in [6.07, 6.45) is -1.01. The lowest BCUT2D eigenvalue weighted by Crippen LogP contribution is -2.42. The standard InChI is InChI=1S/C11H15NO4/c1-3-11(14,16-10(12)13)15-9-7-5-4-6-8(9)2/h4-7,14H,3H2,1-2H3,(H2,12,13). The Balaban J connectivity index is 2.85. The molecule has 5 heteroatoms. The minimum Gasteiger partial charge on any atom is -0.430 e. The molecule has 0 bridgehead atoms. The van der Waals surface area contributed by atoms with Crippen LogP contribution in [0.25, 0.3) is 0 Å². The molecule has 1 aromatic carbocycles. The van der Waals surface area contributed by atoms with Gasteiger partial charge in [0.15, 0.2) is 0 Å². The van der Waals surface area contributed by atoms with Gasteiger partial charge in [0.25, 0.3) is 0 Å². The number of benzene rings is 1. The summed E-state index contributed by atoms with van der Waals surface area (Å²) in [5.74, 6) is -1.58. The zero-order chi connectivity index (χ0) is 12.2. The summed E-state index contributed by atoms with van der Waals surface area (Å²) < 4.78 is 9.74. The van der Waals surface area contributed by atoms with Crippen LogP contribution in [-0.4, -0.2) is 17.2 Å². The molecular formula is C11H15NO4. The number of hydrogen-bond donors (Lipinski definition) is 2. The minimum atomic E-state index is -2.02.